The molecule has 0 heterocycles. The number of methoxy groups -OCH3 is 1. The van der Waals surface area contributed by atoms with E-state index >= 15 is 0 Å². The van der Waals surface area contributed by atoms with Crippen molar-refractivity contribution in [3.05, 3.63) is 23.1 Å². The highest BCUT2D eigenvalue weighted by Crippen LogP contribution is 2.42. The summed E-state index contributed by atoms with van der Waals surface area (Å²) in [6, 6.07) is 0. The van der Waals surface area contributed by atoms with Crippen LogP contribution in [0.5, 0.6) is 0 Å². The molecule has 0 aliphatic carbocycles. The molecule has 0 atom stereocenters. The largest absolute Gasteiger partial charge is 0.504 e. The van der Waals surface area contributed by atoms with Crippen LogP contribution in [-0.4, -0.2) is 15.2 Å². The summed E-state index contributed by atoms with van der Waals surface area (Å²) in [7, 11) is 0.289. The van der Waals surface area contributed by atoms with Crippen LogP contribution < -0.4 is 0 Å². The lowest BCUT2D eigenvalue weighted by Gasteiger charge is -2.39. The topological polar surface area (TPSA) is 9.23 Å². The fourth-order valence-corrected chi connectivity index (χ4v) is 4.30. The standard InChI is InChI=1S/C13H26OSi/c1-9-12(11(2)10-14-6)15(7,8)13(3,4)5/h9-10H,1-8H3/b11-10+,12-9-. The number of allylic oxidation sites excluding steroid dienone is 3. The zero-order chi connectivity index (χ0) is 12.3. The molecule has 15 heavy (non-hydrogen) atoms. The van der Waals surface area contributed by atoms with E-state index in [1.807, 2.05) is 6.26 Å². The predicted octanol–water partition coefficient (Wildman–Crippen LogP) is 4.53. The quantitative estimate of drug-likeness (QED) is 0.390. The lowest BCUT2D eigenvalue weighted by Crippen LogP contribution is -2.40. The molecular formula is C13H26OSi. The van der Waals surface area contributed by atoms with Crippen LogP contribution in [0.2, 0.25) is 18.1 Å². The Bertz CT molecular complexity index is 267. The average molecular weight is 226 g/mol. The fourth-order valence-electron chi connectivity index (χ4n) is 1.73. The molecular weight excluding hydrogens is 200 g/mol. The van der Waals surface area contributed by atoms with E-state index < -0.39 is 8.07 Å². The number of rotatable bonds is 3. The molecule has 0 aromatic carbocycles. The fraction of sp³-hybridized carbons (Fsp3) is 0.692. The van der Waals surface area contributed by atoms with Crippen LogP contribution >= 0.6 is 0 Å². The molecule has 0 unspecified atom stereocenters. The van der Waals surface area contributed by atoms with E-state index in [2.05, 4.69) is 53.8 Å². The summed E-state index contributed by atoms with van der Waals surface area (Å²) < 4.78 is 5.11. The van der Waals surface area contributed by atoms with Crippen LogP contribution in [0.1, 0.15) is 34.6 Å². The molecule has 0 aromatic rings. The maximum absolute atomic E-state index is 5.11. The molecule has 0 N–H and O–H groups in total. The van der Waals surface area contributed by atoms with Gasteiger partial charge in [-0.15, -0.1) is 0 Å². The molecule has 0 saturated carbocycles. The van der Waals surface area contributed by atoms with Crippen LogP contribution in [-0.2, 0) is 4.74 Å². The first-order valence-electron chi connectivity index (χ1n) is 5.55. The minimum Gasteiger partial charge on any atom is -0.504 e. The molecule has 0 saturated heterocycles. The van der Waals surface area contributed by atoms with Crippen molar-refractivity contribution in [3.63, 3.8) is 0 Å². The Morgan fingerprint density at radius 1 is 1.20 bits per heavy atom. The summed E-state index contributed by atoms with van der Waals surface area (Å²) in [5.41, 5.74) is 1.27. The van der Waals surface area contributed by atoms with E-state index in [-0.39, 0.29) is 0 Å². The van der Waals surface area contributed by atoms with Crippen molar-refractivity contribution in [2.75, 3.05) is 7.11 Å². The summed E-state index contributed by atoms with van der Waals surface area (Å²) in [6.07, 6.45) is 4.11. The second-order valence-electron chi connectivity index (χ2n) is 5.61. The van der Waals surface area contributed by atoms with Crippen molar-refractivity contribution in [2.24, 2.45) is 0 Å². The average Bonchev–Trinajstić information content (AvgIpc) is 2.03. The van der Waals surface area contributed by atoms with Gasteiger partial charge in [0.15, 0.2) is 0 Å². The summed E-state index contributed by atoms with van der Waals surface area (Å²) in [5.74, 6) is 0. The summed E-state index contributed by atoms with van der Waals surface area (Å²) >= 11 is 0. The van der Waals surface area contributed by atoms with Gasteiger partial charge in [-0.2, -0.15) is 0 Å². The lowest BCUT2D eigenvalue weighted by atomic mass is 10.2. The monoisotopic (exact) mass is 226 g/mol. The highest BCUT2D eigenvalue weighted by atomic mass is 28.3. The van der Waals surface area contributed by atoms with Gasteiger partial charge in [-0.25, -0.2) is 0 Å². The van der Waals surface area contributed by atoms with Gasteiger partial charge in [-0.05, 0) is 24.5 Å². The van der Waals surface area contributed by atoms with Crippen LogP contribution in [0.3, 0.4) is 0 Å². The zero-order valence-corrected chi connectivity index (χ0v) is 12.6. The molecule has 0 rings (SSSR count). The molecule has 0 aliphatic heterocycles. The first kappa shape index (κ1) is 14.5. The minimum absolute atomic E-state index is 0.373. The second-order valence-corrected chi connectivity index (χ2v) is 10.9. The number of ether oxygens (including phenoxy) is 1. The molecule has 0 spiro atoms. The van der Waals surface area contributed by atoms with Gasteiger partial charge in [0.2, 0.25) is 0 Å². The smallest absolute Gasteiger partial charge is 0.0859 e. The SMILES string of the molecule is C/C=C(/C(C)=C/OC)[Si](C)(C)C(C)(C)C. The predicted molar refractivity (Wildman–Crippen MR) is 71.7 cm³/mol. The normalized spacial score (nSPS) is 15.5. The Balaban J connectivity index is 5.27. The van der Waals surface area contributed by atoms with E-state index in [0.717, 1.165) is 0 Å². The maximum atomic E-state index is 5.11. The van der Waals surface area contributed by atoms with Gasteiger partial charge in [0.1, 0.15) is 0 Å². The van der Waals surface area contributed by atoms with E-state index in [0.29, 0.717) is 5.04 Å². The van der Waals surface area contributed by atoms with Crippen LogP contribution in [0.25, 0.3) is 0 Å². The number of hydrogen-bond donors (Lipinski definition) is 0. The third-order valence-electron chi connectivity index (χ3n) is 3.56. The van der Waals surface area contributed by atoms with E-state index in [1.54, 1.807) is 7.11 Å². The Hall–Kier alpha value is -0.503. The molecule has 2 heteroatoms. The maximum Gasteiger partial charge on any atom is 0.0859 e. The molecule has 0 radical (unpaired) electrons. The third kappa shape index (κ3) is 3.23. The molecule has 0 bridgehead atoms. The van der Waals surface area contributed by atoms with Crippen molar-refractivity contribution in [1.82, 2.24) is 0 Å². The molecule has 88 valence electrons. The van der Waals surface area contributed by atoms with Gasteiger partial charge >= 0.3 is 0 Å². The Kier molecular flexibility index (Phi) is 4.85. The van der Waals surface area contributed by atoms with Crippen LogP contribution in [0.4, 0.5) is 0 Å². The van der Waals surface area contributed by atoms with Gasteiger partial charge in [-0.3, -0.25) is 0 Å². The zero-order valence-electron chi connectivity index (χ0n) is 11.6. The number of hydrogen-bond acceptors (Lipinski definition) is 1. The molecule has 0 fully saturated rings. The van der Waals surface area contributed by atoms with Crippen LogP contribution in [0, 0.1) is 0 Å². The highest BCUT2D eigenvalue weighted by Gasteiger charge is 2.38. The first-order chi connectivity index (χ1) is 6.68. The molecule has 1 nitrogen and oxygen atoms in total. The molecule has 0 aliphatic rings. The van der Waals surface area contributed by atoms with E-state index in [4.69, 9.17) is 4.74 Å². The van der Waals surface area contributed by atoms with Gasteiger partial charge < -0.3 is 4.74 Å². The van der Waals surface area contributed by atoms with Crippen LogP contribution in [0.15, 0.2) is 23.1 Å². The highest BCUT2D eigenvalue weighted by molar-refractivity contribution is 6.87. The summed E-state index contributed by atoms with van der Waals surface area (Å²) in [6.45, 7) is 16.1. The molecule has 0 amide bonds. The van der Waals surface area contributed by atoms with Crippen molar-refractivity contribution >= 4 is 8.07 Å². The summed E-state index contributed by atoms with van der Waals surface area (Å²) in [4.78, 5) is 0. The van der Waals surface area contributed by atoms with Crippen molar-refractivity contribution in [3.8, 4) is 0 Å². The van der Waals surface area contributed by atoms with E-state index in [1.165, 1.54) is 10.8 Å². The summed E-state index contributed by atoms with van der Waals surface area (Å²) in [5, 5.41) is 1.87. The van der Waals surface area contributed by atoms with E-state index in [9.17, 15) is 0 Å². The molecule has 0 aromatic heterocycles. The van der Waals surface area contributed by atoms with Crippen molar-refractivity contribution in [1.29, 1.82) is 0 Å². The third-order valence-corrected chi connectivity index (χ3v) is 9.34. The van der Waals surface area contributed by atoms with Gasteiger partial charge in [0.05, 0.1) is 21.4 Å². The van der Waals surface area contributed by atoms with Gasteiger partial charge in [0.25, 0.3) is 0 Å². The van der Waals surface area contributed by atoms with Gasteiger partial charge in [-0.1, -0.05) is 45.1 Å². The minimum atomic E-state index is -1.42. The Morgan fingerprint density at radius 3 is 1.93 bits per heavy atom. The Morgan fingerprint density at radius 2 is 1.67 bits per heavy atom. The van der Waals surface area contributed by atoms with Gasteiger partial charge in [0, 0.05) is 0 Å². The van der Waals surface area contributed by atoms with Crippen molar-refractivity contribution in [2.45, 2.75) is 52.8 Å². The first-order valence-corrected chi connectivity index (χ1v) is 8.55. The van der Waals surface area contributed by atoms with Crippen molar-refractivity contribution < 1.29 is 4.74 Å². The Labute approximate surface area is 96.2 Å². The second kappa shape index (κ2) is 5.02. The lowest BCUT2D eigenvalue weighted by molar-refractivity contribution is 0.335.